The molecule has 1 aliphatic rings. The first-order chi connectivity index (χ1) is 7.68. The van der Waals surface area contributed by atoms with Gasteiger partial charge in [0, 0.05) is 0 Å². The summed E-state index contributed by atoms with van der Waals surface area (Å²) >= 11 is 0. The third kappa shape index (κ3) is 1.88. The molecule has 0 bridgehead atoms. The summed E-state index contributed by atoms with van der Waals surface area (Å²) in [6, 6.07) is 4.87. The van der Waals surface area contributed by atoms with Gasteiger partial charge in [0.15, 0.2) is 11.7 Å². The van der Waals surface area contributed by atoms with Gasteiger partial charge in [0.2, 0.25) is 6.04 Å². The number of nitrogens with one attached hydrogen (secondary N) is 1. The molecule has 3 N–H and O–H groups in total. The Morgan fingerprint density at radius 2 is 2.19 bits per heavy atom. The predicted octanol–water partition coefficient (Wildman–Crippen LogP) is 0.680. The van der Waals surface area contributed by atoms with Crippen molar-refractivity contribution in [1.29, 1.82) is 0 Å². The van der Waals surface area contributed by atoms with E-state index in [0.29, 0.717) is 0 Å². The van der Waals surface area contributed by atoms with Crippen molar-refractivity contribution in [3.8, 4) is 0 Å². The van der Waals surface area contributed by atoms with Crippen molar-refractivity contribution in [1.82, 2.24) is 5.43 Å². The van der Waals surface area contributed by atoms with Crippen LogP contribution >= 0.6 is 0 Å². The standard InChI is InChI=1S/C9H8FN5O/c10-5-3-1-2-4-6(5)12-13-7-8(11)14-15-9(7)16/h1-4,7H,(H2,11,14)(H,15,16). The van der Waals surface area contributed by atoms with Gasteiger partial charge in [-0.1, -0.05) is 12.1 Å². The zero-order chi connectivity index (χ0) is 11.5. The van der Waals surface area contributed by atoms with Crippen molar-refractivity contribution in [2.24, 2.45) is 21.1 Å². The van der Waals surface area contributed by atoms with E-state index >= 15 is 0 Å². The Bertz CT molecular complexity index is 485. The van der Waals surface area contributed by atoms with Gasteiger partial charge in [-0.3, -0.25) is 4.79 Å². The molecule has 82 valence electrons. The Morgan fingerprint density at radius 1 is 1.44 bits per heavy atom. The topological polar surface area (TPSA) is 92.2 Å². The zero-order valence-corrected chi connectivity index (χ0v) is 8.09. The van der Waals surface area contributed by atoms with Crippen LogP contribution in [0.5, 0.6) is 0 Å². The molecule has 0 aromatic heterocycles. The van der Waals surface area contributed by atoms with Crippen LogP contribution in [0.1, 0.15) is 0 Å². The first-order valence-corrected chi connectivity index (χ1v) is 4.47. The SMILES string of the molecule is NC1=NNC(=O)C1N=Nc1ccccc1F. The van der Waals surface area contributed by atoms with E-state index in [1.807, 2.05) is 0 Å². The molecule has 7 heteroatoms. The van der Waals surface area contributed by atoms with E-state index in [1.54, 1.807) is 6.07 Å². The Kier molecular flexibility index (Phi) is 2.59. The van der Waals surface area contributed by atoms with Gasteiger partial charge in [-0.15, -0.1) is 0 Å². The Balaban J connectivity index is 2.19. The van der Waals surface area contributed by atoms with Gasteiger partial charge >= 0.3 is 0 Å². The first kappa shape index (κ1) is 10.2. The van der Waals surface area contributed by atoms with Crippen LogP contribution in [0.3, 0.4) is 0 Å². The summed E-state index contributed by atoms with van der Waals surface area (Å²) in [5, 5.41) is 10.7. The Labute approximate surface area is 90.0 Å². The van der Waals surface area contributed by atoms with Crippen molar-refractivity contribution in [3.05, 3.63) is 30.1 Å². The van der Waals surface area contributed by atoms with Crippen LogP contribution in [0.15, 0.2) is 39.6 Å². The lowest BCUT2D eigenvalue weighted by Crippen LogP contribution is -2.31. The number of rotatable bonds is 2. The molecule has 0 saturated carbocycles. The molecular weight excluding hydrogens is 213 g/mol. The van der Waals surface area contributed by atoms with E-state index in [0.717, 1.165) is 0 Å². The molecule has 1 heterocycles. The van der Waals surface area contributed by atoms with Crippen LogP contribution in [0.25, 0.3) is 0 Å². The third-order valence-electron chi connectivity index (χ3n) is 1.96. The lowest BCUT2D eigenvalue weighted by molar-refractivity contribution is -0.120. The van der Waals surface area contributed by atoms with Gasteiger partial charge in [0.05, 0.1) is 0 Å². The molecule has 2 rings (SSSR count). The number of halogens is 1. The van der Waals surface area contributed by atoms with Crippen LogP contribution < -0.4 is 11.2 Å². The maximum Gasteiger partial charge on any atom is 0.274 e. The van der Waals surface area contributed by atoms with Crippen LogP contribution in [-0.2, 0) is 4.79 Å². The highest BCUT2D eigenvalue weighted by atomic mass is 19.1. The second-order valence-electron chi connectivity index (χ2n) is 3.08. The largest absolute Gasteiger partial charge is 0.383 e. The maximum absolute atomic E-state index is 13.1. The molecule has 1 aromatic rings. The van der Waals surface area contributed by atoms with Crippen molar-refractivity contribution >= 4 is 17.4 Å². The van der Waals surface area contributed by atoms with E-state index in [1.165, 1.54) is 18.2 Å². The lowest BCUT2D eigenvalue weighted by atomic mass is 10.3. The number of hydrogen-bond donors (Lipinski definition) is 2. The van der Waals surface area contributed by atoms with E-state index in [9.17, 15) is 9.18 Å². The number of amides is 1. The molecule has 0 saturated heterocycles. The first-order valence-electron chi connectivity index (χ1n) is 4.47. The number of hydrazone groups is 1. The van der Waals surface area contributed by atoms with Gasteiger partial charge in [-0.25, -0.2) is 9.82 Å². The summed E-state index contributed by atoms with van der Waals surface area (Å²) < 4.78 is 13.1. The molecule has 1 atom stereocenters. The number of carbonyl (C=O) groups excluding carboxylic acids is 1. The molecule has 0 radical (unpaired) electrons. The number of nitrogens with two attached hydrogens (primary N) is 1. The monoisotopic (exact) mass is 221 g/mol. The summed E-state index contributed by atoms with van der Waals surface area (Å²) in [4.78, 5) is 11.1. The molecule has 1 aliphatic heterocycles. The summed E-state index contributed by atoms with van der Waals surface area (Å²) in [6.45, 7) is 0. The molecule has 1 amide bonds. The fourth-order valence-electron chi connectivity index (χ4n) is 1.14. The number of nitrogens with zero attached hydrogens (tertiary/aromatic N) is 3. The molecular formula is C9H8FN5O. The van der Waals surface area contributed by atoms with Crippen molar-refractivity contribution in [2.75, 3.05) is 0 Å². The summed E-state index contributed by atoms with van der Waals surface area (Å²) in [6.07, 6.45) is 0. The molecule has 0 aliphatic carbocycles. The average Bonchev–Trinajstić information content (AvgIpc) is 2.58. The second kappa shape index (κ2) is 4.05. The summed E-state index contributed by atoms with van der Waals surface area (Å²) in [7, 11) is 0. The number of hydrogen-bond acceptors (Lipinski definition) is 5. The van der Waals surface area contributed by atoms with E-state index in [4.69, 9.17) is 5.73 Å². The number of amidine groups is 1. The Hall–Kier alpha value is -2.31. The fourth-order valence-corrected chi connectivity index (χ4v) is 1.14. The Morgan fingerprint density at radius 3 is 2.81 bits per heavy atom. The smallest absolute Gasteiger partial charge is 0.274 e. The van der Waals surface area contributed by atoms with Crippen molar-refractivity contribution in [3.63, 3.8) is 0 Å². The minimum Gasteiger partial charge on any atom is -0.383 e. The van der Waals surface area contributed by atoms with Crippen LogP contribution in [0, 0.1) is 5.82 Å². The third-order valence-corrected chi connectivity index (χ3v) is 1.96. The molecule has 0 spiro atoms. The number of carbonyl (C=O) groups is 1. The van der Waals surface area contributed by atoms with Gasteiger partial charge in [-0.2, -0.15) is 15.3 Å². The van der Waals surface area contributed by atoms with E-state index < -0.39 is 17.8 Å². The van der Waals surface area contributed by atoms with Crippen LogP contribution in [0.4, 0.5) is 10.1 Å². The summed E-state index contributed by atoms with van der Waals surface area (Å²) in [5.41, 5.74) is 7.59. The maximum atomic E-state index is 13.1. The molecule has 1 aromatic carbocycles. The average molecular weight is 221 g/mol. The second-order valence-corrected chi connectivity index (χ2v) is 3.08. The summed E-state index contributed by atoms with van der Waals surface area (Å²) in [5.74, 6) is -0.970. The van der Waals surface area contributed by atoms with Gasteiger partial charge in [-0.05, 0) is 12.1 Å². The van der Waals surface area contributed by atoms with Crippen molar-refractivity contribution in [2.45, 2.75) is 6.04 Å². The van der Waals surface area contributed by atoms with Crippen molar-refractivity contribution < 1.29 is 9.18 Å². The highest BCUT2D eigenvalue weighted by Gasteiger charge is 2.27. The van der Waals surface area contributed by atoms with E-state index in [2.05, 4.69) is 20.8 Å². The molecule has 6 nitrogen and oxygen atoms in total. The molecule has 0 fully saturated rings. The van der Waals surface area contributed by atoms with E-state index in [-0.39, 0.29) is 11.5 Å². The highest BCUT2D eigenvalue weighted by Crippen LogP contribution is 2.17. The predicted molar refractivity (Wildman–Crippen MR) is 54.5 cm³/mol. The number of benzene rings is 1. The highest BCUT2D eigenvalue weighted by molar-refractivity contribution is 6.10. The van der Waals surface area contributed by atoms with Gasteiger partial charge < -0.3 is 5.73 Å². The quantitative estimate of drug-likeness (QED) is 0.718. The normalized spacial score (nSPS) is 19.9. The minimum atomic E-state index is -0.973. The zero-order valence-electron chi connectivity index (χ0n) is 8.09. The minimum absolute atomic E-state index is 0.0186. The molecule has 1 unspecified atom stereocenters. The molecule has 16 heavy (non-hydrogen) atoms. The lowest BCUT2D eigenvalue weighted by Gasteiger charge is -1.99. The van der Waals surface area contributed by atoms with Crippen LogP contribution in [0.2, 0.25) is 0 Å². The van der Waals surface area contributed by atoms with Gasteiger partial charge in [0.25, 0.3) is 5.91 Å². The number of azo groups is 1. The van der Waals surface area contributed by atoms with Crippen LogP contribution in [-0.4, -0.2) is 17.8 Å². The fraction of sp³-hybridized carbons (Fsp3) is 0.111. The van der Waals surface area contributed by atoms with Gasteiger partial charge in [0.1, 0.15) is 5.69 Å².